The Morgan fingerprint density at radius 3 is 2.52 bits per heavy atom. The number of carbonyl (C=O) groups is 1. The molecule has 0 aromatic heterocycles. The van der Waals surface area contributed by atoms with E-state index in [1.165, 1.54) is 12.1 Å². The molecule has 122 valence electrons. The lowest BCUT2D eigenvalue weighted by Gasteiger charge is -2.27. The van der Waals surface area contributed by atoms with Gasteiger partial charge in [0.15, 0.2) is 0 Å². The van der Waals surface area contributed by atoms with Crippen molar-refractivity contribution in [2.24, 2.45) is 0 Å². The highest BCUT2D eigenvalue weighted by atomic mass is 35.5. The van der Waals surface area contributed by atoms with Gasteiger partial charge < -0.3 is 10.2 Å². The van der Waals surface area contributed by atoms with Crippen LogP contribution in [0.1, 0.15) is 19.4 Å². The van der Waals surface area contributed by atoms with Crippen LogP contribution in [0.25, 0.3) is 0 Å². The SMILES string of the molecule is CC(C)N(Cc1ccccc1)C(=O)CNc1ccc(F)c(Cl)c1. The number of carbonyl (C=O) groups excluding carboxylic acids is 1. The summed E-state index contributed by atoms with van der Waals surface area (Å²) < 4.78 is 13.1. The second-order valence-corrected chi connectivity index (χ2v) is 5.99. The van der Waals surface area contributed by atoms with E-state index in [0.717, 1.165) is 5.56 Å². The first-order valence-corrected chi connectivity index (χ1v) is 7.87. The van der Waals surface area contributed by atoms with Gasteiger partial charge >= 0.3 is 0 Å². The molecule has 5 heteroatoms. The van der Waals surface area contributed by atoms with E-state index < -0.39 is 5.82 Å². The fourth-order valence-corrected chi connectivity index (χ4v) is 2.40. The van der Waals surface area contributed by atoms with E-state index >= 15 is 0 Å². The largest absolute Gasteiger partial charge is 0.376 e. The molecule has 23 heavy (non-hydrogen) atoms. The van der Waals surface area contributed by atoms with Crippen LogP contribution in [-0.2, 0) is 11.3 Å². The maximum Gasteiger partial charge on any atom is 0.242 e. The number of nitrogens with one attached hydrogen (secondary N) is 1. The molecule has 0 spiro atoms. The number of anilines is 1. The zero-order valence-electron chi connectivity index (χ0n) is 13.2. The van der Waals surface area contributed by atoms with Crippen molar-refractivity contribution in [3.05, 3.63) is 64.9 Å². The van der Waals surface area contributed by atoms with Crippen molar-refractivity contribution in [1.82, 2.24) is 4.90 Å². The number of nitrogens with zero attached hydrogens (tertiary/aromatic N) is 1. The van der Waals surface area contributed by atoms with Gasteiger partial charge in [-0.15, -0.1) is 0 Å². The molecule has 3 nitrogen and oxygen atoms in total. The van der Waals surface area contributed by atoms with E-state index in [-0.39, 0.29) is 23.5 Å². The van der Waals surface area contributed by atoms with Crippen LogP contribution in [0.3, 0.4) is 0 Å². The van der Waals surface area contributed by atoms with Crippen molar-refractivity contribution in [1.29, 1.82) is 0 Å². The molecular formula is C18H20ClFN2O. The van der Waals surface area contributed by atoms with Crippen molar-refractivity contribution < 1.29 is 9.18 Å². The molecule has 0 radical (unpaired) electrons. The van der Waals surface area contributed by atoms with Crippen molar-refractivity contribution in [3.63, 3.8) is 0 Å². The number of benzene rings is 2. The standard InChI is InChI=1S/C18H20ClFN2O/c1-13(2)22(12-14-6-4-3-5-7-14)18(23)11-21-15-8-9-17(20)16(19)10-15/h3-10,13,21H,11-12H2,1-2H3. The highest BCUT2D eigenvalue weighted by Gasteiger charge is 2.17. The van der Waals surface area contributed by atoms with E-state index in [1.54, 1.807) is 11.0 Å². The van der Waals surface area contributed by atoms with Crippen LogP contribution < -0.4 is 5.32 Å². The molecule has 0 unspecified atom stereocenters. The van der Waals surface area contributed by atoms with Crippen LogP contribution in [0.4, 0.5) is 10.1 Å². The van der Waals surface area contributed by atoms with E-state index in [2.05, 4.69) is 5.32 Å². The number of amides is 1. The lowest BCUT2D eigenvalue weighted by atomic mass is 10.2. The summed E-state index contributed by atoms with van der Waals surface area (Å²) in [5.74, 6) is -0.499. The summed E-state index contributed by atoms with van der Waals surface area (Å²) in [5.41, 5.74) is 1.70. The summed E-state index contributed by atoms with van der Waals surface area (Å²) in [5, 5.41) is 3.03. The van der Waals surface area contributed by atoms with Crippen molar-refractivity contribution >= 4 is 23.2 Å². The van der Waals surface area contributed by atoms with Crippen LogP contribution >= 0.6 is 11.6 Å². The highest BCUT2D eigenvalue weighted by Crippen LogP contribution is 2.19. The molecule has 2 aromatic carbocycles. The van der Waals surface area contributed by atoms with Gasteiger partial charge in [0, 0.05) is 18.3 Å². The normalized spacial score (nSPS) is 10.7. The molecule has 2 rings (SSSR count). The molecule has 0 saturated heterocycles. The molecule has 0 aliphatic carbocycles. The van der Waals surface area contributed by atoms with Gasteiger partial charge in [-0.2, -0.15) is 0 Å². The summed E-state index contributed by atoms with van der Waals surface area (Å²) in [6, 6.07) is 14.2. The Labute approximate surface area is 141 Å². The Morgan fingerprint density at radius 2 is 1.91 bits per heavy atom. The third kappa shape index (κ3) is 4.96. The van der Waals surface area contributed by atoms with Gasteiger partial charge in [-0.3, -0.25) is 4.79 Å². The zero-order chi connectivity index (χ0) is 16.8. The Hall–Kier alpha value is -2.07. The molecule has 0 heterocycles. The first kappa shape index (κ1) is 17.3. The van der Waals surface area contributed by atoms with Gasteiger partial charge in [0.1, 0.15) is 5.82 Å². The fraction of sp³-hybridized carbons (Fsp3) is 0.278. The smallest absolute Gasteiger partial charge is 0.242 e. The molecule has 0 atom stereocenters. The van der Waals surface area contributed by atoms with Crippen molar-refractivity contribution in [2.75, 3.05) is 11.9 Å². The lowest BCUT2D eigenvalue weighted by Crippen LogP contribution is -2.39. The second-order valence-electron chi connectivity index (χ2n) is 5.58. The average Bonchev–Trinajstić information content (AvgIpc) is 2.54. The average molecular weight is 335 g/mol. The summed E-state index contributed by atoms with van der Waals surface area (Å²) >= 11 is 5.74. The number of halogens is 2. The predicted octanol–water partition coefficient (Wildman–Crippen LogP) is 4.33. The van der Waals surface area contributed by atoms with Gasteiger partial charge in [-0.1, -0.05) is 41.9 Å². The number of rotatable bonds is 6. The van der Waals surface area contributed by atoms with Crippen LogP contribution in [0, 0.1) is 5.82 Å². The summed E-state index contributed by atoms with van der Waals surface area (Å²) in [7, 11) is 0. The molecule has 0 saturated carbocycles. The second kappa shape index (κ2) is 7.97. The zero-order valence-corrected chi connectivity index (χ0v) is 14.0. The quantitative estimate of drug-likeness (QED) is 0.852. The van der Waals surface area contributed by atoms with E-state index in [1.807, 2.05) is 44.2 Å². The Balaban J connectivity index is 1.99. The molecule has 1 amide bonds. The van der Waals surface area contributed by atoms with Crippen LogP contribution in [0.15, 0.2) is 48.5 Å². The first-order valence-electron chi connectivity index (χ1n) is 7.49. The minimum absolute atomic E-state index is 0.0238. The van der Waals surface area contributed by atoms with Gasteiger partial charge in [0.05, 0.1) is 11.6 Å². The molecule has 0 aliphatic rings. The van der Waals surface area contributed by atoms with Crippen LogP contribution in [-0.4, -0.2) is 23.4 Å². The van der Waals surface area contributed by atoms with Gasteiger partial charge in [-0.25, -0.2) is 4.39 Å². The molecule has 1 N–H and O–H groups in total. The van der Waals surface area contributed by atoms with Crippen molar-refractivity contribution in [3.8, 4) is 0 Å². The van der Waals surface area contributed by atoms with E-state index in [0.29, 0.717) is 12.2 Å². The minimum atomic E-state index is -0.476. The van der Waals surface area contributed by atoms with Crippen molar-refractivity contribution in [2.45, 2.75) is 26.4 Å². The van der Waals surface area contributed by atoms with E-state index in [9.17, 15) is 9.18 Å². The van der Waals surface area contributed by atoms with Gasteiger partial charge in [-0.05, 0) is 37.6 Å². The number of hydrogen-bond donors (Lipinski definition) is 1. The van der Waals surface area contributed by atoms with E-state index in [4.69, 9.17) is 11.6 Å². The third-order valence-corrected chi connectivity index (χ3v) is 3.79. The summed E-state index contributed by atoms with van der Waals surface area (Å²) in [6.07, 6.45) is 0. The van der Waals surface area contributed by atoms with Crippen LogP contribution in [0.5, 0.6) is 0 Å². The molecule has 0 fully saturated rings. The Bertz CT molecular complexity index is 661. The summed E-state index contributed by atoms with van der Waals surface area (Å²) in [4.78, 5) is 14.3. The maximum atomic E-state index is 13.1. The summed E-state index contributed by atoms with van der Waals surface area (Å²) in [6.45, 7) is 4.65. The topological polar surface area (TPSA) is 32.3 Å². The monoisotopic (exact) mass is 334 g/mol. The van der Waals surface area contributed by atoms with Gasteiger partial charge in [0.2, 0.25) is 5.91 Å². The molecule has 0 aliphatic heterocycles. The Kier molecular flexibility index (Phi) is 5.99. The fourth-order valence-electron chi connectivity index (χ4n) is 2.22. The predicted molar refractivity (Wildman–Crippen MR) is 92.0 cm³/mol. The first-order chi connectivity index (χ1) is 11.0. The highest BCUT2D eigenvalue weighted by molar-refractivity contribution is 6.31. The molecular weight excluding hydrogens is 315 g/mol. The number of hydrogen-bond acceptors (Lipinski definition) is 2. The molecule has 0 bridgehead atoms. The molecule has 2 aromatic rings. The van der Waals surface area contributed by atoms with Crippen LogP contribution in [0.2, 0.25) is 5.02 Å². The maximum absolute atomic E-state index is 13.1. The third-order valence-electron chi connectivity index (χ3n) is 3.50. The lowest BCUT2D eigenvalue weighted by molar-refractivity contribution is -0.131. The minimum Gasteiger partial charge on any atom is -0.376 e. The Morgan fingerprint density at radius 1 is 1.22 bits per heavy atom. The van der Waals surface area contributed by atoms with Gasteiger partial charge in [0.25, 0.3) is 0 Å².